The molecule has 3 nitrogen and oxygen atoms in total. The number of carbonyl (C=O) groups excluding carboxylic acids is 1. The summed E-state index contributed by atoms with van der Waals surface area (Å²) in [5.41, 5.74) is 1.76. The van der Waals surface area contributed by atoms with Gasteiger partial charge in [-0.1, -0.05) is 26.0 Å². The molecule has 116 valence electrons. The normalized spacial score (nSPS) is 14.6. The minimum absolute atomic E-state index is 0.182. The lowest BCUT2D eigenvalue weighted by molar-refractivity contribution is 0.0736. The second kappa shape index (κ2) is 6.97. The largest absolute Gasteiger partial charge is 0.382 e. The molecular weight excluding hydrogens is 260 g/mol. The molecule has 2 rings (SSSR count). The molecule has 0 bridgehead atoms. The Kier molecular flexibility index (Phi) is 5.27. The molecule has 0 unspecified atom stereocenters. The predicted molar refractivity (Wildman–Crippen MR) is 88.7 cm³/mol. The molecule has 0 saturated heterocycles. The van der Waals surface area contributed by atoms with Crippen molar-refractivity contribution < 1.29 is 4.79 Å². The third-order valence-electron chi connectivity index (χ3n) is 3.80. The maximum atomic E-state index is 12.9. The highest BCUT2D eigenvalue weighted by molar-refractivity contribution is 6.00. The first kappa shape index (κ1) is 15.9. The Morgan fingerprint density at radius 2 is 1.90 bits per heavy atom. The Hall–Kier alpha value is -1.51. The number of anilines is 1. The van der Waals surface area contributed by atoms with Gasteiger partial charge in [0.15, 0.2) is 0 Å². The van der Waals surface area contributed by atoms with Crippen molar-refractivity contribution >= 4 is 11.6 Å². The van der Waals surface area contributed by atoms with Crippen LogP contribution in [-0.2, 0) is 0 Å². The number of para-hydroxylation sites is 1. The van der Waals surface area contributed by atoms with E-state index in [9.17, 15) is 4.79 Å². The molecule has 1 saturated carbocycles. The summed E-state index contributed by atoms with van der Waals surface area (Å²) in [5, 5.41) is 3.39. The molecule has 1 fully saturated rings. The highest BCUT2D eigenvalue weighted by atomic mass is 16.2. The van der Waals surface area contributed by atoms with Crippen LogP contribution in [0.4, 0.5) is 5.69 Å². The first-order chi connectivity index (χ1) is 9.99. The van der Waals surface area contributed by atoms with E-state index >= 15 is 0 Å². The summed E-state index contributed by atoms with van der Waals surface area (Å²) in [7, 11) is 0. The van der Waals surface area contributed by atoms with Crippen LogP contribution in [0.25, 0.3) is 0 Å². The van der Waals surface area contributed by atoms with Crippen molar-refractivity contribution in [1.82, 2.24) is 4.90 Å². The summed E-state index contributed by atoms with van der Waals surface area (Å²) in [4.78, 5) is 15.0. The van der Waals surface area contributed by atoms with E-state index in [1.807, 2.05) is 24.3 Å². The summed E-state index contributed by atoms with van der Waals surface area (Å²) in [6, 6.07) is 8.66. The van der Waals surface area contributed by atoms with Crippen LogP contribution in [0, 0.1) is 5.92 Å². The lowest BCUT2D eigenvalue weighted by atomic mass is 10.1. The van der Waals surface area contributed by atoms with Gasteiger partial charge in [0.2, 0.25) is 0 Å². The highest BCUT2D eigenvalue weighted by Crippen LogP contribution is 2.30. The third kappa shape index (κ3) is 4.48. The molecule has 1 amide bonds. The summed E-state index contributed by atoms with van der Waals surface area (Å²) in [6.45, 7) is 9.49. The molecule has 1 aromatic carbocycles. The molecule has 0 aromatic heterocycles. The van der Waals surface area contributed by atoms with Gasteiger partial charge in [-0.15, -0.1) is 0 Å². The zero-order chi connectivity index (χ0) is 15.4. The smallest absolute Gasteiger partial charge is 0.256 e. The topological polar surface area (TPSA) is 32.3 Å². The standard InChI is InChI=1S/C18H28N2O/c1-13(2)11-12-20(15-9-10-15)18(21)16-7-5-6-8-17(16)19-14(3)4/h5-8,13-15,19H,9-12H2,1-4H3. The summed E-state index contributed by atoms with van der Waals surface area (Å²) in [6.07, 6.45) is 3.38. The van der Waals surface area contributed by atoms with Gasteiger partial charge in [0.1, 0.15) is 0 Å². The van der Waals surface area contributed by atoms with Crippen LogP contribution in [0.15, 0.2) is 24.3 Å². The van der Waals surface area contributed by atoms with E-state index in [2.05, 4.69) is 37.9 Å². The van der Waals surface area contributed by atoms with Gasteiger partial charge >= 0.3 is 0 Å². The molecule has 0 aliphatic heterocycles. The van der Waals surface area contributed by atoms with Crippen LogP contribution in [0.3, 0.4) is 0 Å². The van der Waals surface area contributed by atoms with Crippen molar-refractivity contribution in [3.63, 3.8) is 0 Å². The number of benzene rings is 1. The van der Waals surface area contributed by atoms with E-state index in [0.717, 1.165) is 37.1 Å². The van der Waals surface area contributed by atoms with E-state index in [1.54, 1.807) is 0 Å². The minimum atomic E-state index is 0.182. The molecule has 1 aromatic rings. The first-order valence-electron chi connectivity index (χ1n) is 8.15. The number of amides is 1. The van der Waals surface area contributed by atoms with Gasteiger partial charge in [0, 0.05) is 24.3 Å². The Balaban J connectivity index is 2.16. The molecule has 1 aliphatic carbocycles. The maximum absolute atomic E-state index is 12.9. The Morgan fingerprint density at radius 3 is 2.48 bits per heavy atom. The molecule has 0 heterocycles. The molecule has 0 atom stereocenters. The fourth-order valence-electron chi connectivity index (χ4n) is 2.49. The van der Waals surface area contributed by atoms with E-state index in [4.69, 9.17) is 0 Å². The average Bonchev–Trinajstić information content (AvgIpc) is 3.23. The molecule has 1 aliphatic rings. The van der Waals surface area contributed by atoms with Crippen molar-refractivity contribution in [2.24, 2.45) is 5.92 Å². The van der Waals surface area contributed by atoms with Crippen LogP contribution in [0.1, 0.15) is 57.3 Å². The predicted octanol–water partition coefficient (Wildman–Crippen LogP) is 4.16. The van der Waals surface area contributed by atoms with Crippen LogP contribution >= 0.6 is 0 Å². The van der Waals surface area contributed by atoms with Crippen LogP contribution in [0.5, 0.6) is 0 Å². The van der Waals surface area contributed by atoms with Gasteiger partial charge in [-0.3, -0.25) is 4.79 Å². The number of hydrogen-bond donors (Lipinski definition) is 1. The quantitative estimate of drug-likeness (QED) is 0.817. The molecule has 0 radical (unpaired) electrons. The minimum Gasteiger partial charge on any atom is -0.382 e. The van der Waals surface area contributed by atoms with Gasteiger partial charge in [0.25, 0.3) is 5.91 Å². The van der Waals surface area contributed by atoms with Crippen molar-refractivity contribution in [2.75, 3.05) is 11.9 Å². The Bertz CT molecular complexity index is 478. The van der Waals surface area contributed by atoms with E-state index < -0.39 is 0 Å². The molecule has 0 spiro atoms. The molecular formula is C18H28N2O. The zero-order valence-corrected chi connectivity index (χ0v) is 13.7. The van der Waals surface area contributed by atoms with Crippen molar-refractivity contribution in [3.05, 3.63) is 29.8 Å². The van der Waals surface area contributed by atoms with Crippen molar-refractivity contribution in [2.45, 2.75) is 59.0 Å². The van der Waals surface area contributed by atoms with Gasteiger partial charge in [0.05, 0.1) is 5.56 Å². The average molecular weight is 288 g/mol. The fraction of sp³-hybridized carbons (Fsp3) is 0.611. The lowest BCUT2D eigenvalue weighted by Gasteiger charge is -2.25. The van der Waals surface area contributed by atoms with E-state index in [-0.39, 0.29) is 5.91 Å². The number of rotatable bonds is 7. The molecule has 1 N–H and O–H groups in total. The Labute approximate surface area is 128 Å². The monoisotopic (exact) mass is 288 g/mol. The maximum Gasteiger partial charge on any atom is 0.256 e. The summed E-state index contributed by atoms with van der Waals surface area (Å²) in [5.74, 6) is 0.810. The summed E-state index contributed by atoms with van der Waals surface area (Å²) < 4.78 is 0. The second-order valence-electron chi connectivity index (χ2n) is 6.76. The summed E-state index contributed by atoms with van der Waals surface area (Å²) >= 11 is 0. The number of nitrogens with one attached hydrogen (secondary N) is 1. The van der Waals surface area contributed by atoms with Crippen LogP contribution < -0.4 is 5.32 Å². The number of hydrogen-bond acceptors (Lipinski definition) is 2. The second-order valence-corrected chi connectivity index (χ2v) is 6.76. The van der Waals surface area contributed by atoms with Gasteiger partial charge < -0.3 is 10.2 Å². The van der Waals surface area contributed by atoms with Crippen LogP contribution in [-0.4, -0.2) is 29.4 Å². The van der Waals surface area contributed by atoms with E-state index in [1.165, 1.54) is 0 Å². The number of nitrogens with zero attached hydrogens (tertiary/aromatic N) is 1. The van der Waals surface area contributed by atoms with Crippen LogP contribution in [0.2, 0.25) is 0 Å². The van der Waals surface area contributed by atoms with Gasteiger partial charge in [-0.05, 0) is 51.2 Å². The van der Waals surface area contributed by atoms with Gasteiger partial charge in [-0.25, -0.2) is 0 Å². The van der Waals surface area contributed by atoms with Crippen molar-refractivity contribution in [1.29, 1.82) is 0 Å². The van der Waals surface area contributed by atoms with Gasteiger partial charge in [-0.2, -0.15) is 0 Å². The highest BCUT2D eigenvalue weighted by Gasteiger charge is 2.33. The lowest BCUT2D eigenvalue weighted by Crippen LogP contribution is -2.35. The number of carbonyl (C=O) groups is 1. The SMILES string of the molecule is CC(C)CCN(C(=O)c1ccccc1NC(C)C)C1CC1. The Morgan fingerprint density at radius 1 is 1.24 bits per heavy atom. The van der Waals surface area contributed by atoms with Crippen molar-refractivity contribution in [3.8, 4) is 0 Å². The fourth-order valence-corrected chi connectivity index (χ4v) is 2.49. The third-order valence-corrected chi connectivity index (χ3v) is 3.80. The van der Waals surface area contributed by atoms with E-state index in [0.29, 0.717) is 18.0 Å². The first-order valence-corrected chi connectivity index (χ1v) is 8.15. The molecule has 3 heteroatoms. The zero-order valence-electron chi connectivity index (χ0n) is 13.7. The molecule has 21 heavy (non-hydrogen) atoms.